The lowest BCUT2D eigenvalue weighted by molar-refractivity contribution is -0.286. The van der Waals surface area contributed by atoms with E-state index >= 15 is 0 Å². The third kappa shape index (κ3) is 5.11. The number of H-pyrrole nitrogens is 1. The predicted octanol–water partition coefficient (Wildman–Crippen LogP) is 3.91. The summed E-state index contributed by atoms with van der Waals surface area (Å²) in [6.07, 6.45) is -3.67. The van der Waals surface area contributed by atoms with Crippen LogP contribution in [0, 0.1) is 13.8 Å². The molecule has 5 rings (SSSR count). The fourth-order valence-corrected chi connectivity index (χ4v) is 4.34. The van der Waals surface area contributed by atoms with Gasteiger partial charge in [0.05, 0.1) is 0 Å². The lowest BCUT2D eigenvalue weighted by Crippen LogP contribution is -2.56. The summed E-state index contributed by atoms with van der Waals surface area (Å²) < 4.78 is 35.3. The van der Waals surface area contributed by atoms with Crippen LogP contribution in [-0.4, -0.2) is 58.1 Å². The van der Waals surface area contributed by atoms with Crippen LogP contribution in [0.15, 0.2) is 36.4 Å². The fourth-order valence-electron chi connectivity index (χ4n) is 4.34. The van der Waals surface area contributed by atoms with E-state index in [2.05, 4.69) is 35.2 Å². The highest BCUT2D eigenvalue weighted by Gasteiger charge is 2.43. The lowest BCUT2D eigenvalue weighted by Gasteiger charge is -2.40. The number of hydrogen-bond donors (Lipinski definition) is 3. The molecule has 0 aliphatic carbocycles. The van der Waals surface area contributed by atoms with Crippen LogP contribution >= 0.6 is 0 Å². The largest absolute Gasteiger partial charge is 0.586 e. The molecule has 0 radical (unpaired) electrons. The highest BCUT2D eigenvalue weighted by molar-refractivity contribution is 5.75. The number of amides is 2. The van der Waals surface area contributed by atoms with E-state index in [4.69, 9.17) is 4.98 Å². The van der Waals surface area contributed by atoms with Crippen LogP contribution in [-0.2, 0) is 6.54 Å². The number of hydrogen-bond acceptors (Lipinski definition) is 7. The number of fused-ring (bicyclic) bond motifs is 1. The number of halogens is 2. The van der Waals surface area contributed by atoms with Gasteiger partial charge in [-0.25, -0.2) is 9.78 Å². The molecule has 0 spiro atoms. The molecule has 36 heavy (non-hydrogen) atoms. The summed E-state index contributed by atoms with van der Waals surface area (Å²) in [5, 5.41) is 13.2. The van der Waals surface area contributed by atoms with Crippen molar-refractivity contribution in [1.82, 2.24) is 25.4 Å². The second kappa shape index (κ2) is 9.17. The van der Waals surface area contributed by atoms with Crippen molar-refractivity contribution in [2.24, 2.45) is 0 Å². The number of carbonyl (C=O) groups excluding carboxylic acids is 1. The maximum absolute atomic E-state index is 13.2. The second-order valence-corrected chi connectivity index (χ2v) is 9.04. The summed E-state index contributed by atoms with van der Waals surface area (Å²) in [5.74, 6) is 2.15. The Kier molecular flexibility index (Phi) is 6.02. The Balaban J connectivity index is 1.18. The molecule has 2 aliphatic heterocycles. The summed E-state index contributed by atoms with van der Waals surface area (Å²) in [7, 11) is 0. The SMILES string of the molecule is Cc1cc(Nc2cc(C)[nH]n2)nc(N2CCN(C(=O)NCc3ccc4c(c3)OC(F)(F)O4)[C@@H](C)C2)c1. The number of nitrogens with one attached hydrogen (secondary N) is 3. The third-order valence-electron chi connectivity index (χ3n) is 6.04. The Morgan fingerprint density at radius 2 is 1.94 bits per heavy atom. The van der Waals surface area contributed by atoms with Gasteiger partial charge in [-0.1, -0.05) is 6.07 Å². The number of nitrogens with zero attached hydrogens (tertiary/aromatic N) is 4. The maximum Gasteiger partial charge on any atom is 0.586 e. The first-order valence-corrected chi connectivity index (χ1v) is 11.6. The van der Waals surface area contributed by atoms with Gasteiger partial charge in [-0.05, 0) is 56.2 Å². The molecule has 0 bridgehead atoms. The van der Waals surface area contributed by atoms with E-state index in [0.29, 0.717) is 36.8 Å². The van der Waals surface area contributed by atoms with Gasteiger partial charge in [0.2, 0.25) is 0 Å². The van der Waals surface area contributed by atoms with Gasteiger partial charge in [0.15, 0.2) is 17.3 Å². The summed E-state index contributed by atoms with van der Waals surface area (Å²) in [6.45, 7) is 7.84. The number of benzene rings is 1. The molecule has 1 aromatic carbocycles. The topological polar surface area (TPSA) is 108 Å². The molecule has 0 saturated carbocycles. The number of ether oxygens (including phenoxy) is 2. The maximum atomic E-state index is 13.2. The van der Waals surface area contributed by atoms with Gasteiger partial charge in [0.25, 0.3) is 0 Å². The molecular weight excluding hydrogens is 472 g/mol. The minimum atomic E-state index is -3.67. The highest BCUT2D eigenvalue weighted by atomic mass is 19.3. The molecule has 2 amide bonds. The first-order chi connectivity index (χ1) is 17.1. The van der Waals surface area contributed by atoms with Crippen molar-refractivity contribution in [2.75, 3.05) is 29.9 Å². The van der Waals surface area contributed by atoms with Crippen molar-refractivity contribution in [3.63, 3.8) is 0 Å². The van der Waals surface area contributed by atoms with Gasteiger partial charge in [-0.3, -0.25) is 5.10 Å². The number of aromatic nitrogens is 3. The number of carbonyl (C=O) groups is 1. The van der Waals surface area contributed by atoms with Crippen molar-refractivity contribution in [2.45, 2.75) is 39.7 Å². The molecule has 1 saturated heterocycles. The molecule has 1 fully saturated rings. The Morgan fingerprint density at radius 3 is 2.69 bits per heavy atom. The van der Waals surface area contributed by atoms with Crippen molar-refractivity contribution in [3.05, 3.63) is 53.2 Å². The standard InChI is InChI=1S/C24H27F2N7O3/c1-14-8-20(28-21-10-15(2)30-31-21)29-22(9-14)32-6-7-33(16(3)13-32)23(34)27-12-17-4-5-18-19(11-17)36-24(25,26)35-18/h4-5,8-11,16H,6-7,12-13H2,1-3H3,(H,27,34)(H2,28,29,30,31)/t16-/m0/s1. The molecular formula is C24H27F2N7O3. The number of piperazine rings is 1. The second-order valence-electron chi connectivity index (χ2n) is 9.04. The molecule has 10 nitrogen and oxygen atoms in total. The average Bonchev–Trinajstić information content (AvgIpc) is 3.36. The Hall–Kier alpha value is -4.09. The van der Waals surface area contributed by atoms with Crippen LogP contribution in [0.4, 0.5) is 31.0 Å². The smallest absolute Gasteiger partial charge is 0.395 e. The number of pyridine rings is 1. The highest BCUT2D eigenvalue weighted by Crippen LogP contribution is 2.41. The van der Waals surface area contributed by atoms with Crippen LogP contribution in [0.1, 0.15) is 23.7 Å². The van der Waals surface area contributed by atoms with Gasteiger partial charge < -0.3 is 29.9 Å². The van der Waals surface area contributed by atoms with Crippen LogP contribution in [0.5, 0.6) is 11.5 Å². The van der Waals surface area contributed by atoms with E-state index in [9.17, 15) is 13.6 Å². The fraction of sp³-hybridized carbons (Fsp3) is 0.375. The minimum Gasteiger partial charge on any atom is -0.395 e. The molecule has 3 aromatic rings. The summed E-state index contributed by atoms with van der Waals surface area (Å²) in [5.41, 5.74) is 2.64. The van der Waals surface area contributed by atoms with Crippen LogP contribution in [0.2, 0.25) is 0 Å². The van der Waals surface area contributed by atoms with Crippen molar-refractivity contribution < 1.29 is 23.0 Å². The van der Waals surface area contributed by atoms with Gasteiger partial charge in [-0.15, -0.1) is 8.78 Å². The van der Waals surface area contributed by atoms with E-state index in [1.54, 1.807) is 11.0 Å². The summed E-state index contributed by atoms with van der Waals surface area (Å²) >= 11 is 0. The van der Waals surface area contributed by atoms with Crippen molar-refractivity contribution in [1.29, 1.82) is 0 Å². The normalized spacial score (nSPS) is 18.3. The third-order valence-corrected chi connectivity index (χ3v) is 6.04. The molecule has 190 valence electrons. The Labute approximate surface area is 206 Å². The quantitative estimate of drug-likeness (QED) is 0.489. The zero-order valence-corrected chi connectivity index (χ0v) is 20.1. The number of urea groups is 1. The molecule has 2 aromatic heterocycles. The Bertz CT molecular complexity index is 1280. The van der Waals surface area contributed by atoms with Gasteiger partial charge in [0, 0.05) is 44.0 Å². The van der Waals surface area contributed by atoms with Crippen molar-refractivity contribution >= 4 is 23.5 Å². The molecule has 2 aliphatic rings. The number of alkyl halides is 2. The summed E-state index contributed by atoms with van der Waals surface area (Å²) in [6, 6.07) is 10.1. The van der Waals surface area contributed by atoms with Crippen molar-refractivity contribution in [3.8, 4) is 11.5 Å². The van der Waals surface area contributed by atoms with E-state index in [-0.39, 0.29) is 30.1 Å². The van der Waals surface area contributed by atoms with E-state index < -0.39 is 6.29 Å². The zero-order valence-electron chi connectivity index (χ0n) is 20.1. The number of anilines is 3. The first-order valence-electron chi connectivity index (χ1n) is 11.6. The summed E-state index contributed by atoms with van der Waals surface area (Å²) in [4.78, 5) is 21.5. The molecule has 12 heteroatoms. The monoisotopic (exact) mass is 499 g/mol. The number of aromatic amines is 1. The predicted molar refractivity (Wildman–Crippen MR) is 129 cm³/mol. The van der Waals surface area contributed by atoms with Crippen LogP contribution in [0.25, 0.3) is 0 Å². The van der Waals surface area contributed by atoms with E-state index in [1.165, 1.54) is 12.1 Å². The van der Waals surface area contributed by atoms with Gasteiger partial charge in [0.1, 0.15) is 11.6 Å². The van der Waals surface area contributed by atoms with Gasteiger partial charge >= 0.3 is 12.3 Å². The molecule has 0 unspecified atom stereocenters. The van der Waals surface area contributed by atoms with Crippen LogP contribution in [0.3, 0.4) is 0 Å². The lowest BCUT2D eigenvalue weighted by atomic mass is 10.1. The molecule has 3 N–H and O–H groups in total. The number of aryl methyl sites for hydroxylation is 2. The zero-order chi connectivity index (χ0) is 25.4. The minimum absolute atomic E-state index is 0.0255. The van der Waals surface area contributed by atoms with Gasteiger partial charge in [-0.2, -0.15) is 5.10 Å². The van der Waals surface area contributed by atoms with E-state index in [1.807, 2.05) is 39.0 Å². The van der Waals surface area contributed by atoms with E-state index in [0.717, 1.165) is 17.1 Å². The first kappa shape index (κ1) is 23.6. The number of rotatable bonds is 5. The molecule has 1 atom stereocenters. The molecule has 4 heterocycles. The Morgan fingerprint density at radius 1 is 1.14 bits per heavy atom. The average molecular weight is 500 g/mol. The van der Waals surface area contributed by atoms with Crippen LogP contribution < -0.4 is 25.0 Å².